The van der Waals surface area contributed by atoms with E-state index in [1.807, 2.05) is 0 Å². The zero-order chi connectivity index (χ0) is 19.1. The van der Waals surface area contributed by atoms with Gasteiger partial charge in [0.1, 0.15) is 5.00 Å². The van der Waals surface area contributed by atoms with Crippen molar-refractivity contribution < 1.29 is 14.3 Å². The molecule has 1 aliphatic carbocycles. The van der Waals surface area contributed by atoms with E-state index < -0.39 is 0 Å². The number of carbonyl (C=O) groups excluding carboxylic acids is 2. The van der Waals surface area contributed by atoms with Crippen LogP contribution < -0.4 is 5.32 Å². The number of fused-ring (bicyclic) bond motifs is 1. The molecule has 0 bridgehead atoms. The van der Waals surface area contributed by atoms with Gasteiger partial charge in [0.15, 0.2) is 5.16 Å². The largest absolute Gasteiger partial charge is 0.462 e. The molecule has 0 radical (unpaired) electrons. The van der Waals surface area contributed by atoms with E-state index >= 15 is 0 Å². The Morgan fingerprint density at radius 1 is 1.19 bits per heavy atom. The van der Waals surface area contributed by atoms with Crippen LogP contribution in [-0.2, 0) is 22.4 Å². The highest BCUT2D eigenvalue weighted by atomic mass is 32.2. The lowest BCUT2D eigenvalue weighted by Gasteiger charge is -2.11. The minimum atomic E-state index is -0.343. The summed E-state index contributed by atoms with van der Waals surface area (Å²) in [6.07, 6.45) is 9.66. The topological polar surface area (TPSA) is 81.2 Å². The van der Waals surface area contributed by atoms with Crippen LogP contribution in [0.3, 0.4) is 0 Å². The van der Waals surface area contributed by atoms with Crippen LogP contribution in [0.15, 0.2) is 23.6 Å². The summed E-state index contributed by atoms with van der Waals surface area (Å²) in [4.78, 5) is 34.4. The van der Waals surface area contributed by atoms with Crippen molar-refractivity contribution in [3.05, 3.63) is 34.5 Å². The summed E-state index contributed by atoms with van der Waals surface area (Å²) in [6.45, 7) is 2.11. The third-order valence-corrected chi connectivity index (χ3v) is 6.36. The van der Waals surface area contributed by atoms with Crippen molar-refractivity contribution in [2.45, 2.75) is 50.6 Å². The van der Waals surface area contributed by atoms with Crippen molar-refractivity contribution in [3.8, 4) is 0 Å². The van der Waals surface area contributed by atoms with E-state index in [9.17, 15) is 9.59 Å². The Balaban J connectivity index is 1.77. The highest BCUT2D eigenvalue weighted by molar-refractivity contribution is 7.99. The molecule has 27 heavy (non-hydrogen) atoms. The van der Waals surface area contributed by atoms with Gasteiger partial charge >= 0.3 is 5.97 Å². The average Bonchev–Trinajstić information content (AvgIpc) is 2.97. The van der Waals surface area contributed by atoms with Gasteiger partial charge in [-0.3, -0.25) is 4.79 Å². The number of hydrogen-bond donors (Lipinski definition) is 1. The fourth-order valence-electron chi connectivity index (χ4n) is 3.08. The lowest BCUT2D eigenvalue weighted by Crippen LogP contribution is -2.17. The lowest BCUT2D eigenvalue weighted by molar-refractivity contribution is -0.113. The molecule has 0 atom stereocenters. The highest BCUT2D eigenvalue weighted by Gasteiger charge is 2.26. The molecule has 1 amide bonds. The molecule has 1 aliphatic rings. The number of amides is 1. The van der Waals surface area contributed by atoms with E-state index in [0.29, 0.717) is 22.3 Å². The Morgan fingerprint density at radius 3 is 2.67 bits per heavy atom. The fourth-order valence-corrected chi connectivity index (χ4v) is 4.98. The quantitative estimate of drug-likeness (QED) is 0.443. The minimum absolute atomic E-state index is 0.174. The van der Waals surface area contributed by atoms with Gasteiger partial charge in [0.2, 0.25) is 5.91 Å². The monoisotopic (exact) mass is 405 g/mol. The van der Waals surface area contributed by atoms with Gasteiger partial charge in [0.05, 0.1) is 17.9 Å². The molecule has 1 N–H and O–H groups in total. The van der Waals surface area contributed by atoms with Crippen LogP contribution in [-0.4, -0.2) is 34.2 Å². The summed E-state index contributed by atoms with van der Waals surface area (Å²) >= 11 is 2.78. The molecule has 0 saturated carbocycles. The first-order valence-corrected chi connectivity index (χ1v) is 11.0. The maximum atomic E-state index is 12.6. The molecule has 2 aromatic heterocycles. The first-order chi connectivity index (χ1) is 13.2. The second-order valence-electron chi connectivity index (χ2n) is 6.21. The molecule has 3 rings (SSSR count). The molecule has 2 heterocycles. The van der Waals surface area contributed by atoms with Crippen LogP contribution in [0.1, 0.15) is 53.4 Å². The van der Waals surface area contributed by atoms with Crippen molar-refractivity contribution in [2.75, 3.05) is 17.7 Å². The third kappa shape index (κ3) is 5.29. The molecule has 0 spiro atoms. The van der Waals surface area contributed by atoms with E-state index in [4.69, 9.17) is 4.74 Å². The average molecular weight is 406 g/mol. The molecule has 0 aliphatic heterocycles. The molecule has 8 heteroatoms. The maximum Gasteiger partial charge on any atom is 0.341 e. The normalized spacial score (nSPS) is 14.0. The van der Waals surface area contributed by atoms with E-state index in [0.717, 1.165) is 31.2 Å². The van der Waals surface area contributed by atoms with Gasteiger partial charge in [-0.05, 0) is 44.2 Å². The summed E-state index contributed by atoms with van der Waals surface area (Å²) < 4.78 is 5.27. The number of rotatable bonds is 6. The number of carbonyl (C=O) groups is 2. The van der Waals surface area contributed by atoms with Crippen molar-refractivity contribution in [2.24, 2.45) is 0 Å². The smallest absolute Gasteiger partial charge is 0.341 e. The van der Waals surface area contributed by atoms with E-state index in [1.165, 1.54) is 40.8 Å². The standard InChI is InChI=1S/C19H23N3O3S2/c1-2-25-18(24)16-13-8-5-3-4-6-9-14(13)27-17(16)22-15(23)12-26-19-20-10-7-11-21-19/h7,10-11H,2-6,8-9,12H2,1H3,(H,22,23). The Bertz CT molecular complexity index is 793. The number of ether oxygens (including phenoxy) is 1. The lowest BCUT2D eigenvalue weighted by atomic mass is 9.96. The Hall–Kier alpha value is -1.93. The van der Waals surface area contributed by atoms with Crippen molar-refractivity contribution in [3.63, 3.8) is 0 Å². The molecule has 144 valence electrons. The fraction of sp³-hybridized carbons (Fsp3) is 0.474. The number of thioether (sulfide) groups is 1. The van der Waals surface area contributed by atoms with Crippen LogP contribution in [0.4, 0.5) is 5.00 Å². The number of nitrogens with zero attached hydrogens (tertiary/aromatic N) is 2. The van der Waals surface area contributed by atoms with Gasteiger partial charge in [0.25, 0.3) is 0 Å². The van der Waals surface area contributed by atoms with Gasteiger partial charge in [-0.1, -0.05) is 24.6 Å². The molecule has 0 unspecified atom stereocenters. The summed E-state index contributed by atoms with van der Waals surface area (Å²) in [7, 11) is 0. The van der Waals surface area contributed by atoms with Crippen LogP contribution in [0.2, 0.25) is 0 Å². The van der Waals surface area contributed by atoms with Crippen molar-refractivity contribution in [1.29, 1.82) is 0 Å². The Morgan fingerprint density at radius 2 is 1.93 bits per heavy atom. The van der Waals surface area contributed by atoms with Crippen molar-refractivity contribution >= 4 is 40.0 Å². The molecular weight excluding hydrogens is 382 g/mol. The number of aryl methyl sites for hydroxylation is 1. The second-order valence-corrected chi connectivity index (χ2v) is 8.26. The molecule has 0 saturated heterocycles. The first kappa shape index (κ1) is 19.8. The zero-order valence-electron chi connectivity index (χ0n) is 15.3. The number of anilines is 1. The molecular formula is C19H23N3O3S2. The predicted molar refractivity (Wildman–Crippen MR) is 108 cm³/mol. The summed E-state index contributed by atoms with van der Waals surface area (Å²) in [6, 6.07) is 1.73. The number of esters is 1. The van der Waals surface area contributed by atoms with Crippen LogP contribution in [0.5, 0.6) is 0 Å². The molecule has 0 fully saturated rings. The number of aromatic nitrogens is 2. The van der Waals surface area contributed by atoms with Crippen molar-refractivity contribution in [1.82, 2.24) is 9.97 Å². The second kappa shape index (κ2) is 9.85. The van der Waals surface area contributed by atoms with E-state index in [-0.39, 0.29) is 17.6 Å². The van der Waals surface area contributed by atoms with Gasteiger partial charge in [0, 0.05) is 17.3 Å². The molecule has 0 aromatic carbocycles. The summed E-state index contributed by atoms with van der Waals surface area (Å²) in [5.74, 6) is -0.327. The van der Waals surface area contributed by atoms with Crippen LogP contribution >= 0.6 is 23.1 Å². The zero-order valence-corrected chi connectivity index (χ0v) is 17.0. The SMILES string of the molecule is CCOC(=O)c1c(NC(=O)CSc2ncccn2)sc2c1CCCCCC2. The summed E-state index contributed by atoms with van der Waals surface area (Å²) in [5, 5.41) is 4.08. The van der Waals surface area contributed by atoms with Crippen LogP contribution in [0.25, 0.3) is 0 Å². The minimum Gasteiger partial charge on any atom is -0.462 e. The van der Waals surface area contributed by atoms with Crippen LogP contribution in [0, 0.1) is 0 Å². The predicted octanol–water partition coefficient (Wildman–Crippen LogP) is 4.10. The number of nitrogens with one attached hydrogen (secondary N) is 1. The third-order valence-electron chi connectivity index (χ3n) is 4.28. The van der Waals surface area contributed by atoms with Gasteiger partial charge in [-0.15, -0.1) is 11.3 Å². The van der Waals surface area contributed by atoms with E-state index in [1.54, 1.807) is 25.4 Å². The Labute approximate surface area is 167 Å². The van der Waals surface area contributed by atoms with E-state index in [2.05, 4.69) is 15.3 Å². The number of hydrogen-bond acceptors (Lipinski definition) is 7. The first-order valence-electron chi connectivity index (χ1n) is 9.20. The van der Waals surface area contributed by atoms with Gasteiger partial charge in [-0.25, -0.2) is 14.8 Å². The molecule has 6 nitrogen and oxygen atoms in total. The Kier molecular flexibility index (Phi) is 7.23. The van der Waals surface area contributed by atoms with Gasteiger partial charge < -0.3 is 10.1 Å². The molecule has 2 aromatic rings. The van der Waals surface area contributed by atoms with Gasteiger partial charge in [-0.2, -0.15) is 0 Å². The number of thiophene rings is 1. The summed E-state index contributed by atoms with van der Waals surface area (Å²) in [5.41, 5.74) is 1.61. The maximum absolute atomic E-state index is 12.6. The highest BCUT2D eigenvalue weighted by Crippen LogP contribution is 2.37.